The number of halogens is 1. The fourth-order valence-electron chi connectivity index (χ4n) is 3.59. The fraction of sp³-hybridized carbons (Fsp3) is 0.333. The van der Waals surface area contributed by atoms with E-state index in [0.29, 0.717) is 9.92 Å². The second-order valence-corrected chi connectivity index (χ2v) is 8.96. The molecular weight excluding hydrogens is 344 g/mol. The molecule has 24 heavy (non-hydrogen) atoms. The second kappa shape index (κ2) is 6.15. The molecule has 1 fully saturated rings. The highest BCUT2D eigenvalue weighted by Crippen LogP contribution is 2.63. The Labute approximate surface area is 147 Å². The third-order valence-electron chi connectivity index (χ3n) is 5.03. The van der Waals surface area contributed by atoms with Crippen LogP contribution in [0, 0.1) is 12.3 Å². The first kappa shape index (κ1) is 17.4. The molecule has 0 amide bonds. The van der Waals surface area contributed by atoms with Crippen molar-refractivity contribution in [2.75, 3.05) is 13.1 Å². The summed E-state index contributed by atoms with van der Waals surface area (Å²) >= 11 is 6.08. The van der Waals surface area contributed by atoms with E-state index in [-0.39, 0.29) is 19.0 Å². The molecule has 0 saturated heterocycles. The molecule has 3 rings (SSSR count). The van der Waals surface area contributed by atoms with Gasteiger partial charge >= 0.3 is 0 Å². The summed E-state index contributed by atoms with van der Waals surface area (Å²) in [5, 5.41) is -0.0463. The van der Waals surface area contributed by atoms with E-state index >= 15 is 0 Å². The summed E-state index contributed by atoms with van der Waals surface area (Å²) in [6.07, 6.45) is 0. The van der Waals surface area contributed by atoms with Crippen molar-refractivity contribution in [1.82, 2.24) is 0 Å². The first-order valence-electron chi connectivity index (χ1n) is 7.83. The van der Waals surface area contributed by atoms with Crippen LogP contribution in [-0.2, 0) is 9.84 Å². The van der Waals surface area contributed by atoms with Gasteiger partial charge in [-0.05, 0) is 36.8 Å². The molecule has 128 valence electrons. The van der Waals surface area contributed by atoms with Crippen LogP contribution in [0.25, 0.3) is 0 Å². The first-order valence-corrected chi connectivity index (χ1v) is 9.75. The Balaban J connectivity index is 2.06. The van der Waals surface area contributed by atoms with E-state index in [1.54, 1.807) is 36.4 Å². The normalized spacial score (nSPS) is 22.3. The minimum absolute atomic E-state index is 0.219. The third kappa shape index (κ3) is 2.65. The molecule has 2 atom stereocenters. The van der Waals surface area contributed by atoms with Gasteiger partial charge in [0.2, 0.25) is 0 Å². The Morgan fingerprint density at radius 2 is 1.71 bits per heavy atom. The van der Waals surface area contributed by atoms with Crippen molar-refractivity contribution in [3.8, 4) is 0 Å². The fourth-order valence-corrected chi connectivity index (χ4v) is 6.26. The van der Waals surface area contributed by atoms with Gasteiger partial charge in [-0.25, -0.2) is 8.42 Å². The number of sulfone groups is 1. The topological polar surface area (TPSA) is 86.2 Å². The maximum absolute atomic E-state index is 13.2. The number of rotatable bonds is 5. The van der Waals surface area contributed by atoms with Crippen LogP contribution in [0.5, 0.6) is 0 Å². The molecule has 0 spiro atoms. The lowest BCUT2D eigenvalue weighted by Crippen LogP contribution is -2.31. The van der Waals surface area contributed by atoms with Crippen LogP contribution < -0.4 is 11.5 Å². The van der Waals surface area contributed by atoms with Crippen LogP contribution in [0.4, 0.5) is 0 Å². The Kier molecular flexibility index (Phi) is 4.47. The highest BCUT2D eigenvalue weighted by atomic mass is 35.5. The number of nitrogens with two attached hydrogens (primary N) is 2. The molecule has 1 aliphatic rings. The zero-order chi connectivity index (χ0) is 17.5. The Morgan fingerprint density at radius 3 is 2.25 bits per heavy atom. The molecule has 4 nitrogen and oxygen atoms in total. The van der Waals surface area contributed by atoms with Gasteiger partial charge in [-0.15, -0.1) is 0 Å². The largest absolute Gasteiger partial charge is 0.330 e. The predicted octanol–water partition coefficient (Wildman–Crippen LogP) is 2.49. The minimum Gasteiger partial charge on any atom is -0.330 e. The van der Waals surface area contributed by atoms with Gasteiger partial charge in [0, 0.05) is 29.4 Å². The molecule has 1 aliphatic carbocycles. The van der Waals surface area contributed by atoms with Gasteiger partial charge < -0.3 is 11.5 Å². The third-order valence-corrected chi connectivity index (χ3v) is 7.61. The molecule has 2 unspecified atom stereocenters. The molecule has 4 N–H and O–H groups in total. The van der Waals surface area contributed by atoms with Gasteiger partial charge in [0.25, 0.3) is 0 Å². The summed E-state index contributed by atoms with van der Waals surface area (Å²) in [5.74, 6) is -0.238. The summed E-state index contributed by atoms with van der Waals surface area (Å²) < 4.78 is 26.3. The number of aryl methyl sites for hydroxylation is 1. The SMILES string of the molecule is Cc1ccc(S(=O)(=O)C2C(c3cccc(Cl)c3)C2(CN)CN)cc1. The van der Waals surface area contributed by atoms with E-state index in [4.69, 9.17) is 23.1 Å². The van der Waals surface area contributed by atoms with Gasteiger partial charge in [-0.3, -0.25) is 0 Å². The molecule has 2 aromatic rings. The molecule has 2 aromatic carbocycles. The Morgan fingerprint density at radius 1 is 1.08 bits per heavy atom. The number of hydrogen-bond acceptors (Lipinski definition) is 4. The first-order chi connectivity index (χ1) is 11.4. The van der Waals surface area contributed by atoms with Crippen molar-refractivity contribution in [3.05, 3.63) is 64.7 Å². The maximum Gasteiger partial charge on any atom is 0.182 e. The van der Waals surface area contributed by atoms with Crippen LogP contribution in [0.1, 0.15) is 17.0 Å². The van der Waals surface area contributed by atoms with E-state index in [0.717, 1.165) is 11.1 Å². The zero-order valence-electron chi connectivity index (χ0n) is 13.4. The standard InChI is InChI=1S/C18H21ClN2O2S/c1-12-5-7-15(8-6-12)24(22,23)17-16(18(17,10-20)11-21)13-3-2-4-14(19)9-13/h2-9,16-17H,10-11,20-21H2,1H3. The summed E-state index contributed by atoms with van der Waals surface area (Å²) in [6, 6.07) is 14.2. The highest BCUT2D eigenvalue weighted by molar-refractivity contribution is 7.92. The van der Waals surface area contributed by atoms with Crippen LogP contribution in [0.15, 0.2) is 53.4 Å². The van der Waals surface area contributed by atoms with Crippen molar-refractivity contribution in [1.29, 1.82) is 0 Å². The van der Waals surface area contributed by atoms with Crippen molar-refractivity contribution >= 4 is 21.4 Å². The predicted molar refractivity (Wildman–Crippen MR) is 96.9 cm³/mol. The van der Waals surface area contributed by atoms with Crippen LogP contribution in [0.3, 0.4) is 0 Å². The van der Waals surface area contributed by atoms with Crippen LogP contribution in [0.2, 0.25) is 5.02 Å². The van der Waals surface area contributed by atoms with E-state index < -0.39 is 20.5 Å². The zero-order valence-corrected chi connectivity index (χ0v) is 15.0. The van der Waals surface area contributed by atoms with Gasteiger partial charge in [0.05, 0.1) is 10.1 Å². The lowest BCUT2D eigenvalue weighted by molar-refractivity contribution is 0.510. The molecule has 1 saturated carbocycles. The van der Waals surface area contributed by atoms with E-state index in [1.807, 2.05) is 19.1 Å². The molecule has 0 heterocycles. The van der Waals surface area contributed by atoms with Crippen molar-refractivity contribution in [2.45, 2.75) is 23.0 Å². The lowest BCUT2D eigenvalue weighted by Gasteiger charge is -2.13. The number of benzene rings is 2. The van der Waals surface area contributed by atoms with E-state index in [9.17, 15) is 8.42 Å². The summed E-state index contributed by atoms with van der Waals surface area (Å²) in [6.45, 7) is 2.36. The Bertz CT molecular complexity index is 846. The monoisotopic (exact) mass is 364 g/mol. The van der Waals surface area contributed by atoms with Crippen LogP contribution >= 0.6 is 11.6 Å². The molecule has 0 aliphatic heterocycles. The summed E-state index contributed by atoms with van der Waals surface area (Å²) in [4.78, 5) is 0.314. The molecule has 0 aromatic heterocycles. The average molecular weight is 365 g/mol. The summed E-state index contributed by atoms with van der Waals surface area (Å²) in [7, 11) is -3.53. The van der Waals surface area contributed by atoms with Gasteiger partial charge in [-0.1, -0.05) is 41.4 Å². The molecule has 0 radical (unpaired) electrons. The minimum atomic E-state index is -3.53. The lowest BCUT2D eigenvalue weighted by atomic mass is 9.99. The van der Waals surface area contributed by atoms with Gasteiger partial charge in [0.15, 0.2) is 9.84 Å². The van der Waals surface area contributed by atoms with E-state index in [2.05, 4.69) is 0 Å². The average Bonchev–Trinajstić information content (AvgIpc) is 3.26. The Hall–Kier alpha value is -1.40. The number of hydrogen-bond donors (Lipinski definition) is 2. The molecule has 6 heteroatoms. The highest BCUT2D eigenvalue weighted by Gasteiger charge is 2.69. The van der Waals surface area contributed by atoms with Crippen LogP contribution in [-0.4, -0.2) is 26.8 Å². The smallest absolute Gasteiger partial charge is 0.182 e. The van der Waals surface area contributed by atoms with Gasteiger partial charge in [0.1, 0.15) is 0 Å². The van der Waals surface area contributed by atoms with E-state index in [1.165, 1.54) is 0 Å². The molecule has 0 bridgehead atoms. The quantitative estimate of drug-likeness (QED) is 0.853. The molecular formula is C18H21ClN2O2S. The maximum atomic E-state index is 13.2. The van der Waals surface area contributed by atoms with Crippen molar-refractivity contribution in [3.63, 3.8) is 0 Å². The van der Waals surface area contributed by atoms with Gasteiger partial charge in [-0.2, -0.15) is 0 Å². The second-order valence-electron chi connectivity index (χ2n) is 6.45. The van der Waals surface area contributed by atoms with Crippen molar-refractivity contribution < 1.29 is 8.42 Å². The van der Waals surface area contributed by atoms with Crippen molar-refractivity contribution in [2.24, 2.45) is 16.9 Å². The summed E-state index contributed by atoms with van der Waals surface area (Å²) in [5.41, 5.74) is 13.2.